The van der Waals surface area contributed by atoms with E-state index in [1.807, 2.05) is 24.3 Å². The number of rotatable bonds is 10. The highest BCUT2D eigenvalue weighted by Gasteiger charge is 2.32. The highest BCUT2D eigenvalue weighted by molar-refractivity contribution is 6.05. The molecule has 0 bridgehead atoms. The van der Waals surface area contributed by atoms with Gasteiger partial charge >= 0.3 is 0 Å². The van der Waals surface area contributed by atoms with Gasteiger partial charge in [0, 0.05) is 5.70 Å². The number of anilines is 1. The summed E-state index contributed by atoms with van der Waals surface area (Å²) >= 11 is 0. The van der Waals surface area contributed by atoms with Crippen LogP contribution in [0.2, 0.25) is 0 Å². The molecule has 2 aromatic rings. The van der Waals surface area contributed by atoms with Gasteiger partial charge in [-0.3, -0.25) is 0 Å². The Morgan fingerprint density at radius 1 is 1.16 bits per heavy atom. The third kappa shape index (κ3) is 6.04. The molecule has 0 amide bonds. The molecule has 1 unspecified atom stereocenters. The molecule has 3 heteroatoms. The summed E-state index contributed by atoms with van der Waals surface area (Å²) in [4.78, 5) is 0. The van der Waals surface area contributed by atoms with Crippen LogP contribution in [0, 0.1) is 23.1 Å². The molecule has 2 aliphatic rings. The van der Waals surface area contributed by atoms with E-state index in [1.54, 1.807) is 12.1 Å². The van der Waals surface area contributed by atoms with Crippen molar-refractivity contribution in [1.29, 1.82) is 5.41 Å². The lowest BCUT2D eigenvalue weighted by Crippen LogP contribution is -2.05. The third-order valence-corrected chi connectivity index (χ3v) is 6.03. The molecule has 0 radical (unpaired) electrons. The fourth-order valence-corrected chi connectivity index (χ4v) is 4.09. The van der Waals surface area contributed by atoms with Crippen LogP contribution in [0.5, 0.6) is 0 Å². The number of halogens is 1. The molecule has 0 aliphatic heterocycles. The molecule has 160 valence electrons. The van der Waals surface area contributed by atoms with Crippen molar-refractivity contribution in [2.24, 2.45) is 11.8 Å². The molecule has 2 aromatic carbocycles. The van der Waals surface area contributed by atoms with Crippen LogP contribution in [0.1, 0.15) is 56.1 Å². The molecule has 1 atom stereocenters. The Morgan fingerprint density at radius 2 is 1.94 bits per heavy atom. The van der Waals surface area contributed by atoms with Gasteiger partial charge in [-0.05, 0) is 92.2 Å². The van der Waals surface area contributed by atoms with Crippen LogP contribution in [-0.2, 0) is 0 Å². The Balaban J connectivity index is 1.47. The minimum atomic E-state index is -0.270. The minimum absolute atomic E-state index is 0.270. The molecular formula is C28H31FN2. The number of para-hydroxylation sites is 1. The van der Waals surface area contributed by atoms with Crippen molar-refractivity contribution in [2.45, 2.75) is 44.9 Å². The summed E-state index contributed by atoms with van der Waals surface area (Å²) in [6.07, 6.45) is 11.5. The Hall–Kier alpha value is -2.94. The van der Waals surface area contributed by atoms with Gasteiger partial charge in [0.1, 0.15) is 5.82 Å². The average Bonchev–Trinajstić information content (AvgIpc) is 3.64. The first-order valence-electron chi connectivity index (χ1n) is 11.2. The molecule has 31 heavy (non-hydrogen) atoms. The van der Waals surface area contributed by atoms with Gasteiger partial charge in [0.2, 0.25) is 0 Å². The molecule has 0 saturated heterocycles. The predicted octanol–water partition coefficient (Wildman–Crippen LogP) is 7.72. The first-order valence-corrected chi connectivity index (χ1v) is 11.2. The fraction of sp³-hybridized carbons (Fsp3) is 0.321. The Bertz CT molecular complexity index is 1020. The Morgan fingerprint density at radius 3 is 2.61 bits per heavy atom. The zero-order chi connectivity index (χ0) is 21.8. The van der Waals surface area contributed by atoms with E-state index in [0.717, 1.165) is 36.4 Å². The summed E-state index contributed by atoms with van der Waals surface area (Å²) < 4.78 is 14.0. The average molecular weight is 415 g/mol. The molecule has 0 aromatic heterocycles. The maximum Gasteiger partial charge on any atom is 0.146 e. The second kappa shape index (κ2) is 9.47. The monoisotopic (exact) mass is 414 g/mol. The van der Waals surface area contributed by atoms with E-state index < -0.39 is 0 Å². The standard InChI is InChI=1S/C28H31FN2/c1-19(2)16-25(21-11-12-21)23-7-5-6-20(17-23)10-15-24(30)18-28(22-13-14-22)31-27-9-4-3-8-26(27)29/h3-10,15,17-18,21-22,25,30-31H,1,11-14,16H2,2H3/b15-10+,28-18-,30-24?. The number of hydrogen-bond acceptors (Lipinski definition) is 2. The molecule has 2 nitrogen and oxygen atoms in total. The second-order valence-electron chi connectivity index (χ2n) is 9.04. The van der Waals surface area contributed by atoms with Gasteiger partial charge in [0.15, 0.2) is 0 Å². The lowest BCUT2D eigenvalue weighted by molar-refractivity contribution is 0.600. The zero-order valence-corrected chi connectivity index (χ0v) is 18.2. The van der Waals surface area contributed by atoms with E-state index in [0.29, 0.717) is 23.2 Å². The highest BCUT2D eigenvalue weighted by Crippen LogP contribution is 2.45. The summed E-state index contributed by atoms with van der Waals surface area (Å²) in [5.41, 5.74) is 5.52. The van der Waals surface area contributed by atoms with Crippen LogP contribution in [0.25, 0.3) is 6.08 Å². The highest BCUT2D eigenvalue weighted by atomic mass is 19.1. The van der Waals surface area contributed by atoms with Crippen LogP contribution in [0.15, 0.2) is 78.5 Å². The number of hydrogen-bond donors (Lipinski definition) is 2. The van der Waals surface area contributed by atoms with Gasteiger partial charge in [0.25, 0.3) is 0 Å². The first kappa shape index (κ1) is 21.3. The summed E-state index contributed by atoms with van der Waals surface area (Å²) in [5, 5.41) is 11.6. The van der Waals surface area contributed by atoms with Crippen LogP contribution in [-0.4, -0.2) is 5.71 Å². The van der Waals surface area contributed by atoms with Crippen LogP contribution in [0.4, 0.5) is 10.1 Å². The number of allylic oxidation sites excluding steroid dienone is 4. The number of benzene rings is 2. The van der Waals surface area contributed by atoms with E-state index in [-0.39, 0.29) is 5.82 Å². The summed E-state index contributed by atoms with van der Waals surface area (Å²) in [6.45, 7) is 6.23. The first-order chi connectivity index (χ1) is 15.0. The quantitative estimate of drug-likeness (QED) is 0.303. The van der Waals surface area contributed by atoms with E-state index in [4.69, 9.17) is 5.41 Å². The van der Waals surface area contributed by atoms with E-state index in [1.165, 1.54) is 30.0 Å². The third-order valence-electron chi connectivity index (χ3n) is 6.03. The van der Waals surface area contributed by atoms with Crippen LogP contribution < -0.4 is 5.32 Å². The predicted molar refractivity (Wildman–Crippen MR) is 129 cm³/mol. The molecule has 0 heterocycles. The van der Waals surface area contributed by atoms with Gasteiger partial charge in [-0.1, -0.05) is 48.0 Å². The molecule has 4 rings (SSSR count). The van der Waals surface area contributed by atoms with Gasteiger partial charge < -0.3 is 10.7 Å². The lowest BCUT2D eigenvalue weighted by Gasteiger charge is -2.17. The summed E-state index contributed by atoms with van der Waals surface area (Å²) in [5.74, 6) is 1.45. The molecule has 2 fully saturated rings. The Kier molecular flexibility index (Phi) is 6.50. The van der Waals surface area contributed by atoms with Crippen molar-refractivity contribution >= 4 is 17.5 Å². The van der Waals surface area contributed by atoms with E-state index >= 15 is 0 Å². The molecule has 0 spiro atoms. The normalized spacial score (nSPS) is 17.5. The van der Waals surface area contributed by atoms with E-state index in [2.05, 4.69) is 43.1 Å². The summed E-state index contributed by atoms with van der Waals surface area (Å²) in [7, 11) is 0. The van der Waals surface area contributed by atoms with Gasteiger partial charge in [0.05, 0.1) is 11.4 Å². The second-order valence-corrected chi connectivity index (χ2v) is 9.04. The van der Waals surface area contributed by atoms with Gasteiger partial charge in [-0.25, -0.2) is 4.39 Å². The molecule has 2 aliphatic carbocycles. The SMILES string of the molecule is C=C(C)CC(c1cccc(/C=C/C(=N)/C=C(\Nc2ccccc2F)C2CC2)c1)C1CC1. The lowest BCUT2D eigenvalue weighted by atomic mass is 9.88. The molecule has 2 N–H and O–H groups in total. The van der Waals surface area contributed by atoms with E-state index in [9.17, 15) is 4.39 Å². The smallest absolute Gasteiger partial charge is 0.146 e. The van der Waals surface area contributed by atoms with Crippen molar-refractivity contribution in [3.05, 3.63) is 95.5 Å². The maximum absolute atomic E-state index is 14.0. The van der Waals surface area contributed by atoms with Crippen molar-refractivity contribution in [2.75, 3.05) is 5.32 Å². The fourth-order valence-electron chi connectivity index (χ4n) is 4.09. The van der Waals surface area contributed by atoms with Crippen molar-refractivity contribution < 1.29 is 4.39 Å². The van der Waals surface area contributed by atoms with Crippen molar-refractivity contribution in [1.82, 2.24) is 0 Å². The van der Waals surface area contributed by atoms with Crippen molar-refractivity contribution in [3.63, 3.8) is 0 Å². The Labute approximate surface area is 185 Å². The van der Waals surface area contributed by atoms with Crippen LogP contribution >= 0.6 is 0 Å². The van der Waals surface area contributed by atoms with Gasteiger partial charge in [-0.15, -0.1) is 6.58 Å². The number of nitrogens with one attached hydrogen (secondary N) is 2. The molecule has 2 saturated carbocycles. The maximum atomic E-state index is 14.0. The summed E-state index contributed by atoms with van der Waals surface area (Å²) in [6, 6.07) is 15.3. The zero-order valence-electron chi connectivity index (χ0n) is 18.2. The van der Waals surface area contributed by atoms with Gasteiger partial charge in [-0.2, -0.15) is 0 Å². The van der Waals surface area contributed by atoms with Crippen molar-refractivity contribution in [3.8, 4) is 0 Å². The minimum Gasteiger partial charge on any atom is -0.356 e. The molecular weight excluding hydrogens is 383 g/mol. The van der Waals surface area contributed by atoms with Crippen LogP contribution in [0.3, 0.4) is 0 Å². The topological polar surface area (TPSA) is 35.9 Å². The largest absolute Gasteiger partial charge is 0.356 e.